The molecule has 0 spiro atoms. The molecule has 1 atom stereocenters. The minimum atomic E-state index is -0.178. The van der Waals surface area contributed by atoms with Gasteiger partial charge in [-0.2, -0.15) is 0 Å². The van der Waals surface area contributed by atoms with Gasteiger partial charge >= 0.3 is 0 Å². The van der Waals surface area contributed by atoms with E-state index in [0.717, 1.165) is 12.2 Å². The summed E-state index contributed by atoms with van der Waals surface area (Å²) in [5.74, 6) is 1.01. The summed E-state index contributed by atoms with van der Waals surface area (Å²) in [4.78, 5) is 15.8. The first-order valence-electron chi connectivity index (χ1n) is 6.04. The lowest BCUT2D eigenvalue weighted by molar-refractivity contribution is 0.0907. The van der Waals surface area contributed by atoms with Crippen LogP contribution in [0.1, 0.15) is 30.2 Å². The molecule has 1 N–H and O–H groups in total. The maximum absolute atomic E-state index is 11.9. The second-order valence-electron chi connectivity index (χ2n) is 4.25. The first kappa shape index (κ1) is 12.4. The third-order valence-corrected chi connectivity index (χ3v) is 2.66. The van der Waals surface area contributed by atoms with Crippen molar-refractivity contribution in [1.29, 1.82) is 0 Å². The molecule has 0 saturated heterocycles. The van der Waals surface area contributed by atoms with Gasteiger partial charge in [0.05, 0.1) is 6.33 Å². The van der Waals surface area contributed by atoms with Gasteiger partial charge in [0.1, 0.15) is 5.76 Å². The van der Waals surface area contributed by atoms with Crippen LogP contribution < -0.4 is 5.32 Å². The molecule has 96 valence electrons. The monoisotopic (exact) mass is 247 g/mol. The Bertz CT molecular complexity index is 502. The third kappa shape index (κ3) is 3.00. The van der Waals surface area contributed by atoms with E-state index < -0.39 is 0 Å². The molecule has 0 aliphatic heterocycles. The summed E-state index contributed by atoms with van der Waals surface area (Å²) < 4.78 is 7.32. The van der Waals surface area contributed by atoms with Gasteiger partial charge in [0.2, 0.25) is 0 Å². The first-order chi connectivity index (χ1) is 8.69. The molecule has 0 bridgehead atoms. The molecule has 18 heavy (non-hydrogen) atoms. The summed E-state index contributed by atoms with van der Waals surface area (Å²) in [6, 6.07) is 3.55. The number of nitrogens with one attached hydrogen (secondary N) is 1. The number of aryl methyl sites for hydroxylation is 1. The Labute approximate surface area is 106 Å². The van der Waals surface area contributed by atoms with Gasteiger partial charge in [0.25, 0.3) is 5.91 Å². The van der Waals surface area contributed by atoms with Crippen molar-refractivity contribution in [2.24, 2.45) is 0 Å². The SMILES string of the molecule is CCc1ccc(C(=O)N[C@H](C)Cn2ccnc2)o1. The predicted octanol–water partition coefficient (Wildman–Crippen LogP) is 1.86. The van der Waals surface area contributed by atoms with Crippen molar-refractivity contribution in [3.8, 4) is 0 Å². The second kappa shape index (κ2) is 5.53. The Kier molecular flexibility index (Phi) is 3.82. The fourth-order valence-corrected chi connectivity index (χ4v) is 1.74. The lowest BCUT2D eigenvalue weighted by atomic mass is 10.3. The van der Waals surface area contributed by atoms with E-state index >= 15 is 0 Å². The molecule has 2 aromatic heterocycles. The topological polar surface area (TPSA) is 60.1 Å². The van der Waals surface area contributed by atoms with E-state index in [4.69, 9.17) is 4.42 Å². The number of hydrogen-bond donors (Lipinski definition) is 1. The number of hydrogen-bond acceptors (Lipinski definition) is 3. The Morgan fingerprint density at radius 1 is 1.56 bits per heavy atom. The van der Waals surface area contributed by atoms with Crippen molar-refractivity contribution in [3.05, 3.63) is 42.4 Å². The average Bonchev–Trinajstić information content (AvgIpc) is 2.98. The molecule has 0 saturated carbocycles. The summed E-state index contributed by atoms with van der Waals surface area (Å²) in [5.41, 5.74) is 0. The second-order valence-corrected chi connectivity index (χ2v) is 4.25. The van der Waals surface area contributed by atoms with Gasteiger partial charge in [-0.3, -0.25) is 4.79 Å². The number of nitrogens with zero attached hydrogens (tertiary/aromatic N) is 2. The minimum Gasteiger partial charge on any atom is -0.456 e. The highest BCUT2D eigenvalue weighted by molar-refractivity contribution is 5.91. The van der Waals surface area contributed by atoms with Crippen molar-refractivity contribution < 1.29 is 9.21 Å². The zero-order chi connectivity index (χ0) is 13.0. The summed E-state index contributed by atoms with van der Waals surface area (Å²) in [6.07, 6.45) is 6.10. The largest absolute Gasteiger partial charge is 0.456 e. The lowest BCUT2D eigenvalue weighted by Crippen LogP contribution is -2.35. The summed E-state index contributed by atoms with van der Waals surface area (Å²) in [7, 11) is 0. The van der Waals surface area contributed by atoms with Crippen LogP contribution in [0.5, 0.6) is 0 Å². The van der Waals surface area contributed by atoms with E-state index in [1.807, 2.05) is 30.7 Å². The molecule has 0 aliphatic carbocycles. The van der Waals surface area contributed by atoms with Crippen molar-refractivity contribution in [1.82, 2.24) is 14.9 Å². The van der Waals surface area contributed by atoms with E-state index in [1.54, 1.807) is 18.6 Å². The normalized spacial score (nSPS) is 12.3. The molecule has 2 aromatic rings. The van der Waals surface area contributed by atoms with Gasteiger partial charge in [-0.05, 0) is 19.1 Å². The molecule has 0 fully saturated rings. The van der Waals surface area contributed by atoms with Crippen molar-refractivity contribution >= 4 is 5.91 Å². The number of aromatic nitrogens is 2. The van der Waals surface area contributed by atoms with Gasteiger partial charge in [-0.1, -0.05) is 6.92 Å². The zero-order valence-electron chi connectivity index (χ0n) is 10.6. The Balaban J connectivity index is 1.90. The Morgan fingerprint density at radius 2 is 2.39 bits per heavy atom. The number of amides is 1. The highest BCUT2D eigenvalue weighted by Gasteiger charge is 2.13. The number of imidazole rings is 1. The van der Waals surface area contributed by atoms with Crippen LogP contribution in [0.15, 0.2) is 35.3 Å². The quantitative estimate of drug-likeness (QED) is 0.877. The first-order valence-corrected chi connectivity index (χ1v) is 6.04. The van der Waals surface area contributed by atoms with Gasteiger partial charge in [-0.25, -0.2) is 4.98 Å². The van der Waals surface area contributed by atoms with E-state index in [9.17, 15) is 4.79 Å². The van der Waals surface area contributed by atoms with Gasteiger partial charge in [0.15, 0.2) is 5.76 Å². The van der Waals surface area contributed by atoms with Gasteiger partial charge in [0, 0.05) is 31.4 Å². The summed E-state index contributed by atoms with van der Waals surface area (Å²) >= 11 is 0. The molecule has 0 aliphatic rings. The number of carbonyl (C=O) groups is 1. The Morgan fingerprint density at radius 3 is 3.00 bits per heavy atom. The summed E-state index contributed by atoms with van der Waals surface area (Å²) in [6.45, 7) is 4.62. The maximum Gasteiger partial charge on any atom is 0.287 e. The van der Waals surface area contributed by atoms with Crippen LogP contribution in [0, 0.1) is 0 Å². The van der Waals surface area contributed by atoms with Crippen LogP contribution in [0.2, 0.25) is 0 Å². The average molecular weight is 247 g/mol. The van der Waals surface area contributed by atoms with Crippen LogP contribution >= 0.6 is 0 Å². The smallest absolute Gasteiger partial charge is 0.287 e. The Hall–Kier alpha value is -2.04. The van der Waals surface area contributed by atoms with E-state index in [1.165, 1.54) is 0 Å². The van der Waals surface area contributed by atoms with Crippen LogP contribution in [-0.2, 0) is 13.0 Å². The third-order valence-electron chi connectivity index (χ3n) is 2.66. The van der Waals surface area contributed by atoms with E-state index in [2.05, 4.69) is 10.3 Å². The molecule has 1 amide bonds. The molecule has 0 aromatic carbocycles. The van der Waals surface area contributed by atoms with Crippen molar-refractivity contribution in [2.75, 3.05) is 0 Å². The van der Waals surface area contributed by atoms with Gasteiger partial charge < -0.3 is 14.3 Å². The summed E-state index contributed by atoms with van der Waals surface area (Å²) in [5, 5.41) is 2.89. The van der Waals surface area contributed by atoms with Crippen molar-refractivity contribution in [2.45, 2.75) is 32.9 Å². The maximum atomic E-state index is 11.9. The van der Waals surface area contributed by atoms with Crippen molar-refractivity contribution in [3.63, 3.8) is 0 Å². The standard InChI is InChI=1S/C13H17N3O2/c1-3-11-4-5-12(18-11)13(17)15-10(2)8-16-7-6-14-9-16/h4-7,9-10H,3,8H2,1-2H3,(H,15,17)/t10-/m1/s1. The molecule has 2 rings (SSSR count). The zero-order valence-corrected chi connectivity index (χ0v) is 10.6. The fourth-order valence-electron chi connectivity index (χ4n) is 1.74. The van der Waals surface area contributed by atoms with Crippen LogP contribution in [0.25, 0.3) is 0 Å². The molecule has 5 nitrogen and oxygen atoms in total. The highest BCUT2D eigenvalue weighted by atomic mass is 16.3. The van der Waals surface area contributed by atoms with Crippen LogP contribution in [-0.4, -0.2) is 21.5 Å². The van der Waals surface area contributed by atoms with E-state index in [0.29, 0.717) is 12.3 Å². The number of furan rings is 1. The van der Waals surface area contributed by atoms with E-state index in [-0.39, 0.29) is 11.9 Å². The number of carbonyl (C=O) groups excluding carboxylic acids is 1. The van der Waals surface area contributed by atoms with Gasteiger partial charge in [-0.15, -0.1) is 0 Å². The highest BCUT2D eigenvalue weighted by Crippen LogP contribution is 2.08. The fraction of sp³-hybridized carbons (Fsp3) is 0.385. The molecular weight excluding hydrogens is 230 g/mol. The predicted molar refractivity (Wildman–Crippen MR) is 67.2 cm³/mol. The number of rotatable bonds is 5. The van der Waals surface area contributed by atoms with Crippen LogP contribution in [0.3, 0.4) is 0 Å². The molecule has 5 heteroatoms. The molecule has 0 radical (unpaired) electrons. The molecule has 0 unspecified atom stereocenters. The van der Waals surface area contributed by atoms with Crippen LogP contribution in [0.4, 0.5) is 0 Å². The molecular formula is C13H17N3O2. The molecule has 2 heterocycles. The minimum absolute atomic E-state index is 0.0156. The lowest BCUT2D eigenvalue weighted by Gasteiger charge is -2.13.